The van der Waals surface area contributed by atoms with Crippen LogP contribution >= 0.6 is 0 Å². The van der Waals surface area contributed by atoms with Gasteiger partial charge >= 0.3 is 0 Å². The van der Waals surface area contributed by atoms with E-state index in [-0.39, 0.29) is 30.2 Å². The minimum absolute atomic E-state index is 0.0540. The van der Waals surface area contributed by atoms with Crippen molar-refractivity contribution in [2.75, 3.05) is 0 Å². The number of fused-ring (bicyclic) bond motifs is 3. The van der Waals surface area contributed by atoms with Crippen LogP contribution in [0, 0.1) is 6.92 Å². The topological polar surface area (TPSA) is 76.2 Å². The third-order valence-electron chi connectivity index (χ3n) is 6.69. The molecular weight excluding hydrogens is 404 g/mol. The van der Waals surface area contributed by atoms with E-state index in [1.807, 2.05) is 27.8 Å². The monoisotopic (exact) mass is 429 g/mol. The summed E-state index contributed by atoms with van der Waals surface area (Å²) in [5.41, 5.74) is 0.299. The molecule has 2 aliphatic heterocycles. The van der Waals surface area contributed by atoms with E-state index in [0.717, 1.165) is 23.7 Å². The number of carbonyl (C=O) groups excluding carboxylic acids is 1. The molecule has 2 atom stereocenters. The predicted octanol–water partition coefficient (Wildman–Crippen LogP) is 3.06. The van der Waals surface area contributed by atoms with Gasteiger partial charge in [0.05, 0.1) is 23.9 Å². The van der Waals surface area contributed by atoms with Gasteiger partial charge in [-0.2, -0.15) is 5.10 Å². The molecule has 9 heteroatoms. The SMILES string of the molecule is Cc1cc(C(F)F)nn1CC(=O)N1C2CCC1CC(O)(Cn1ccc3ccncc31)C2. The van der Waals surface area contributed by atoms with Gasteiger partial charge in [-0.25, -0.2) is 8.78 Å². The first-order chi connectivity index (χ1) is 14.8. The molecular formula is C22H25F2N5O2. The molecule has 0 aliphatic carbocycles. The van der Waals surface area contributed by atoms with Crippen LogP contribution in [-0.2, 0) is 17.9 Å². The molecule has 3 aromatic heterocycles. The van der Waals surface area contributed by atoms with E-state index in [1.54, 1.807) is 19.3 Å². The summed E-state index contributed by atoms with van der Waals surface area (Å²) in [5.74, 6) is -0.128. The van der Waals surface area contributed by atoms with Gasteiger partial charge in [0.2, 0.25) is 5.91 Å². The summed E-state index contributed by atoms with van der Waals surface area (Å²) in [5, 5.41) is 16.4. The maximum absolute atomic E-state index is 13.0. The first kappa shape index (κ1) is 20.1. The minimum atomic E-state index is -2.66. The number of hydrogen-bond donors (Lipinski definition) is 1. The van der Waals surface area contributed by atoms with Gasteiger partial charge in [-0.3, -0.25) is 14.5 Å². The number of halogens is 2. The maximum atomic E-state index is 13.0. The molecule has 2 unspecified atom stereocenters. The standard InChI is InChI=1S/C22H25F2N5O2/c1-14-8-18(21(23)24)26-28(14)12-20(30)29-16-2-3-17(29)10-22(31,9-16)13-27-7-5-15-4-6-25-11-19(15)27/h4-8,11,16-17,21,31H,2-3,9-10,12-13H2,1H3. The molecule has 2 aliphatic rings. The van der Waals surface area contributed by atoms with Crippen molar-refractivity contribution in [2.24, 2.45) is 0 Å². The number of pyridine rings is 1. The molecule has 3 aromatic rings. The number of carbonyl (C=O) groups is 1. The second-order valence-corrected chi connectivity index (χ2v) is 8.87. The summed E-state index contributed by atoms with van der Waals surface area (Å²) in [6.07, 6.45) is 5.52. The third kappa shape index (κ3) is 3.60. The van der Waals surface area contributed by atoms with E-state index < -0.39 is 12.0 Å². The number of amides is 1. The van der Waals surface area contributed by atoms with Crippen molar-refractivity contribution in [1.29, 1.82) is 0 Å². The van der Waals surface area contributed by atoms with Crippen molar-refractivity contribution in [3.05, 3.63) is 48.2 Å². The zero-order valence-electron chi connectivity index (χ0n) is 17.3. The molecule has 5 rings (SSSR count). The average molecular weight is 429 g/mol. The van der Waals surface area contributed by atoms with E-state index in [4.69, 9.17) is 0 Å². The first-order valence-corrected chi connectivity index (χ1v) is 10.6. The van der Waals surface area contributed by atoms with E-state index in [2.05, 4.69) is 10.1 Å². The van der Waals surface area contributed by atoms with Crippen LogP contribution in [0.1, 0.15) is 43.5 Å². The quantitative estimate of drug-likeness (QED) is 0.676. The molecule has 0 aromatic carbocycles. The molecule has 2 saturated heterocycles. The fraction of sp³-hybridized carbons (Fsp3) is 0.500. The van der Waals surface area contributed by atoms with Gasteiger partial charge < -0.3 is 14.6 Å². The van der Waals surface area contributed by atoms with Gasteiger partial charge in [0, 0.05) is 35.6 Å². The van der Waals surface area contributed by atoms with Crippen molar-refractivity contribution < 1.29 is 18.7 Å². The van der Waals surface area contributed by atoms with Gasteiger partial charge in [-0.15, -0.1) is 0 Å². The molecule has 31 heavy (non-hydrogen) atoms. The van der Waals surface area contributed by atoms with Gasteiger partial charge in [0.25, 0.3) is 6.43 Å². The fourth-order valence-corrected chi connectivity index (χ4v) is 5.35. The summed E-state index contributed by atoms with van der Waals surface area (Å²) in [6, 6.07) is 5.16. The number of aliphatic hydroxyl groups is 1. The van der Waals surface area contributed by atoms with Crippen molar-refractivity contribution in [2.45, 2.75) is 69.8 Å². The Hall–Kier alpha value is -2.81. The second-order valence-electron chi connectivity index (χ2n) is 8.87. The summed E-state index contributed by atoms with van der Waals surface area (Å²) in [4.78, 5) is 19.1. The van der Waals surface area contributed by atoms with E-state index >= 15 is 0 Å². The number of nitrogens with zero attached hydrogens (tertiary/aromatic N) is 5. The molecule has 2 fully saturated rings. The van der Waals surface area contributed by atoms with Gasteiger partial charge in [-0.1, -0.05) is 0 Å². The highest BCUT2D eigenvalue weighted by Gasteiger charge is 2.49. The van der Waals surface area contributed by atoms with E-state index in [1.165, 1.54) is 10.7 Å². The van der Waals surface area contributed by atoms with Crippen LogP contribution in [0.4, 0.5) is 8.78 Å². The summed E-state index contributed by atoms with van der Waals surface area (Å²) >= 11 is 0. The number of piperidine rings is 1. The van der Waals surface area contributed by atoms with Gasteiger partial charge in [-0.05, 0) is 50.8 Å². The zero-order valence-corrected chi connectivity index (χ0v) is 17.3. The van der Waals surface area contributed by atoms with E-state index in [9.17, 15) is 18.7 Å². The largest absolute Gasteiger partial charge is 0.388 e. The lowest BCUT2D eigenvalue weighted by Gasteiger charge is -2.44. The molecule has 1 N–H and O–H groups in total. The average Bonchev–Trinajstić information content (AvgIpc) is 3.37. The molecule has 0 radical (unpaired) electrons. The highest BCUT2D eigenvalue weighted by atomic mass is 19.3. The van der Waals surface area contributed by atoms with Crippen molar-refractivity contribution in [3.63, 3.8) is 0 Å². The Morgan fingerprint density at radius 3 is 2.71 bits per heavy atom. The Kier molecular flexibility index (Phi) is 4.80. The lowest BCUT2D eigenvalue weighted by molar-refractivity contribution is -0.143. The third-order valence-corrected chi connectivity index (χ3v) is 6.69. The van der Waals surface area contributed by atoms with E-state index in [0.29, 0.717) is 25.1 Å². The summed E-state index contributed by atoms with van der Waals surface area (Å²) in [7, 11) is 0. The predicted molar refractivity (Wildman–Crippen MR) is 109 cm³/mol. The van der Waals surface area contributed by atoms with Crippen molar-refractivity contribution in [1.82, 2.24) is 24.2 Å². The number of hydrogen-bond acceptors (Lipinski definition) is 4. The molecule has 0 saturated carbocycles. The highest BCUT2D eigenvalue weighted by molar-refractivity contribution is 5.79. The van der Waals surface area contributed by atoms with Crippen LogP contribution in [0.15, 0.2) is 36.8 Å². The molecule has 1 amide bonds. The van der Waals surface area contributed by atoms with Crippen LogP contribution in [0.25, 0.3) is 10.9 Å². The number of rotatable bonds is 5. The van der Waals surface area contributed by atoms with Crippen LogP contribution in [-0.4, -0.2) is 52.9 Å². The molecule has 7 nitrogen and oxygen atoms in total. The molecule has 0 spiro atoms. The summed E-state index contributed by atoms with van der Waals surface area (Å²) < 4.78 is 29.2. The number of alkyl halides is 2. The first-order valence-electron chi connectivity index (χ1n) is 10.6. The Labute approximate surface area is 178 Å². The number of aryl methyl sites for hydroxylation is 1. The molecule has 2 bridgehead atoms. The van der Waals surface area contributed by atoms with Crippen molar-refractivity contribution in [3.8, 4) is 0 Å². The Bertz CT molecular complexity index is 1110. The molecule has 5 heterocycles. The van der Waals surface area contributed by atoms with Crippen LogP contribution in [0.5, 0.6) is 0 Å². The summed E-state index contributed by atoms with van der Waals surface area (Å²) in [6.45, 7) is 2.07. The van der Waals surface area contributed by atoms with Crippen LogP contribution in [0.3, 0.4) is 0 Å². The lowest BCUT2D eigenvalue weighted by Crippen LogP contribution is -2.55. The minimum Gasteiger partial charge on any atom is -0.388 e. The maximum Gasteiger partial charge on any atom is 0.282 e. The van der Waals surface area contributed by atoms with Crippen LogP contribution < -0.4 is 0 Å². The Balaban J connectivity index is 1.31. The number of aromatic nitrogens is 4. The van der Waals surface area contributed by atoms with Gasteiger partial charge in [0.1, 0.15) is 12.2 Å². The highest BCUT2D eigenvalue weighted by Crippen LogP contribution is 2.42. The van der Waals surface area contributed by atoms with Gasteiger partial charge in [0.15, 0.2) is 0 Å². The smallest absolute Gasteiger partial charge is 0.282 e. The Morgan fingerprint density at radius 1 is 1.29 bits per heavy atom. The molecule has 164 valence electrons. The Morgan fingerprint density at radius 2 is 2.03 bits per heavy atom. The fourth-order valence-electron chi connectivity index (χ4n) is 5.35. The second kappa shape index (κ2) is 7.40. The van der Waals surface area contributed by atoms with Crippen LogP contribution in [0.2, 0.25) is 0 Å². The van der Waals surface area contributed by atoms with Crippen molar-refractivity contribution >= 4 is 16.8 Å². The lowest BCUT2D eigenvalue weighted by atomic mass is 9.85. The zero-order chi connectivity index (χ0) is 21.8. The normalized spacial score (nSPS) is 25.6.